The highest BCUT2D eigenvalue weighted by atomic mass is 19.1. The highest BCUT2D eigenvalue weighted by molar-refractivity contribution is 5.73. The Morgan fingerprint density at radius 3 is 2.74 bits per heavy atom. The van der Waals surface area contributed by atoms with Crippen LogP contribution in [0.15, 0.2) is 23.1 Å². The predicted molar refractivity (Wildman–Crippen MR) is 89.7 cm³/mol. The molecule has 1 saturated carbocycles. The van der Waals surface area contributed by atoms with Crippen LogP contribution in [-0.4, -0.2) is 24.0 Å². The number of halogens is 1. The third-order valence-electron chi connectivity index (χ3n) is 5.29. The second kappa shape index (κ2) is 5.34. The third kappa shape index (κ3) is 2.34. The molecule has 1 saturated heterocycles. The van der Waals surface area contributed by atoms with E-state index in [4.69, 9.17) is 5.73 Å². The van der Waals surface area contributed by atoms with Gasteiger partial charge in [-0.05, 0) is 55.7 Å². The zero-order valence-corrected chi connectivity index (χ0v) is 13.4. The number of aromatic nitrogens is 1. The lowest BCUT2D eigenvalue weighted by Crippen LogP contribution is -2.26. The molecule has 0 spiro atoms. The Kier molecular flexibility index (Phi) is 3.41. The summed E-state index contributed by atoms with van der Waals surface area (Å²) in [5.74, 6) is 0.617. The molecule has 2 fully saturated rings. The maximum Gasteiger partial charge on any atom is 0.255 e. The van der Waals surface area contributed by atoms with Crippen molar-refractivity contribution in [3.8, 4) is 0 Å². The predicted octanol–water partition coefficient (Wildman–Crippen LogP) is 2.41. The van der Waals surface area contributed by atoms with E-state index in [0.29, 0.717) is 24.1 Å². The van der Waals surface area contributed by atoms with Crippen molar-refractivity contribution in [2.24, 2.45) is 11.7 Å². The molecule has 4 nitrogen and oxygen atoms in total. The highest BCUT2D eigenvalue weighted by Crippen LogP contribution is 2.43. The lowest BCUT2D eigenvalue weighted by Gasteiger charge is -2.24. The summed E-state index contributed by atoms with van der Waals surface area (Å²) in [4.78, 5) is 14.3. The van der Waals surface area contributed by atoms with Gasteiger partial charge in [0.15, 0.2) is 5.82 Å². The van der Waals surface area contributed by atoms with E-state index in [1.807, 2.05) is 13.0 Å². The van der Waals surface area contributed by atoms with Crippen LogP contribution in [0.4, 0.5) is 10.1 Å². The lowest BCUT2D eigenvalue weighted by molar-refractivity contribution is 0.594. The molecule has 0 radical (unpaired) electrons. The molecule has 3 heterocycles. The molecule has 4 rings (SSSR count). The van der Waals surface area contributed by atoms with E-state index in [1.165, 1.54) is 16.2 Å². The standard InChI is InChI=1S/C18H22FN3O/c1-11-17-14(13-2-3-13)4-5-16(23)22(17)10-15(19)18(11)21-7-6-12(8-20)9-21/h4-5,10,12-13H,2-3,6-9,20H2,1H3. The van der Waals surface area contributed by atoms with Gasteiger partial charge in [0.05, 0.1) is 17.4 Å². The Balaban J connectivity index is 1.92. The number of aryl methyl sites for hydroxylation is 1. The molecule has 0 aromatic carbocycles. The molecule has 1 atom stereocenters. The molecular weight excluding hydrogens is 293 g/mol. The van der Waals surface area contributed by atoms with Crippen LogP contribution in [0.25, 0.3) is 5.52 Å². The largest absolute Gasteiger partial charge is 0.369 e. The fraction of sp³-hybridized carbons (Fsp3) is 0.500. The van der Waals surface area contributed by atoms with E-state index in [2.05, 4.69) is 4.90 Å². The number of fused-ring (bicyclic) bond motifs is 1. The third-order valence-corrected chi connectivity index (χ3v) is 5.29. The van der Waals surface area contributed by atoms with Gasteiger partial charge in [-0.2, -0.15) is 0 Å². The molecular formula is C18H22FN3O. The van der Waals surface area contributed by atoms with Crippen molar-refractivity contribution < 1.29 is 4.39 Å². The summed E-state index contributed by atoms with van der Waals surface area (Å²) in [5, 5.41) is 0. The van der Waals surface area contributed by atoms with Crippen LogP contribution >= 0.6 is 0 Å². The zero-order valence-electron chi connectivity index (χ0n) is 13.4. The molecule has 23 heavy (non-hydrogen) atoms. The molecule has 2 aromatic rings. The molecule has 2 aliphatic rings. The van der Waals surface area contributed by atoms with Gasteiger partial charge in [0.25, 0.3) is 5.56 Å². The van der Waals surface area contributed by atoms with Crippen LogP contribution in [0.5, 0.6) is 0 Å². The maximum absolute atomic E-state index is 14.8. The van der Waals surface area contributed by atoms with E-state index < -0.39 is 0 Å². The van der Waals surface area contributed by atoms with Gasteiger partial charge in [0, 0.05) is 19.2 Å². The number of nitrogens with two attached hydrogens (primary N) is 1. The van der Waals surface area contributed by atoms with Gasteiger partial charge < -0.3 is 10.6 Å². The van der Waals surface area contributed by atoms with Crippen LogP contribution in [0.2, 0.25) is 0 Å². The summed E-state index contributed by atoms with van der Waals surface area (Å²) in [6, 6.07) is 3.48. The second-order valence-electron chi connectivity index (χ2n) is 6.91. The van der Waals surface area contributed by atoms with Gasteiger partial charge in [-0.15, -0.1) is 0 Å². The molecule has 0 bridgehead atoms. The van der Waals surface area contributed by atoms with Crippen molar-refractivity contribution in [3.63, 3.8) is 0 Å². The number of pyridine rings is 2. The number of nitrogens with zero attached hydrogens (tertiary/aromatic N) is 2. The van der Waals surface area contributed by atoms with Gasteiger partial charge >= 0.3 is 0 Å². The summed E-state index contributed by atoms with van der Waals surface area (Å²) < 4.78 is 16.2. The molecule has 0 amide bonds. The normalized spacial score (nSPS) is 21.3. The second-order valence-corrected chi connectivity index (χ2v) is 6.91. The fourth-order valence-corrected chi connectivity index (χ4v) is 3.90. The maximum atomic E-state index is 14.8. The number of rotatable bonds is 3. The molecule has 1 aliphatic carbocycles. The SMILES string of the molecule is Cc1c(N2CCC(CN)C2)c(F)cn2c(=O)ccc(C3CC3)c12. The minimum Gasteiger partial charge on any atom is -0.369 e. The Morgan fingerprint density at radius 1 is 1.30 bits per heavy atom. The smallest absolute Gasteiger partial charge is 0.255 e. The molecule has 2 aromatic heterocycles. The Hall–Kier alpha value is -1.88. The average molecular weight is 315 g/mol. The molecule has 2 N–H and O–H groups in total. The van der Waals surface area contributed by atoms with Crippen LogP contribution in [0.3, 0.4) is 0 Å². The lowest BCUT2D eigenvalue weighted by atomic mass is 10.0. The molecule has 5 heteroatoms. The monoisotopic (exact) mass is 315 g/mol. The first kappa shape index (κ1) is 14.7. The summed E-state index contributed by atoms with van der Waals surface area (Å²) >= 11 is 0. The first-order valence-electron chi connectivity index (χ1n) is 8.39. The number of anilines is 1. The van der Waals surface area contributed by atoms with Crippen molar-refractivity contribution in [2.75, 3.05) is 24.5 Å². The minimum atomic E-state index is -0.317. The van der Waals surface area contributed by atoms with Gasteiger partial charge in [-0.1, -0.05) is 6.07 Å². The van der Waals surface area contributed by atoms with Crippen molar-refractivity contribution in [3.05, 3.63) is 45.6 Å². The van der Waals surface area contributed by atoms with E-state index in [0.717, 1.165) is 43.4 Å². The molecule has 1 unspecified atom stereocenters. The van der Waals surface area contributed by atoms with E-state index in [-0.39, 0.29) is 11.4 Å². The fourth-order valence-electron chi connectivity index (χ4n) is 3.90. The quantitative estimate of drug-likeness (QED) is 0.946. The Bertz CT molecular complexity index is 825. The minimum absolute atomic E-state index is 0.167. The van der Waals surface area contributed by atoms with Gasteiger partial charge in [0.1, 0.15) is 0 Å². The molecule has 1 aliphatic heterocycles. The Morgan fingerprint density at radius 2 is 2.09 bits per heavy atom. The van der Waals surface area contributed by atoms with E-state index in [9.17, 15) is 9.18 Å². The number of hydrogen-bond acceptors (Lipinski definition) is 3. The van der Waals surface area contributed by atoms with E-state index >= 15 is 0 Å². The van der Waals surface area contributed by atoms with Crippen LogP contribution in [0.1, 0.15) is 36.3 Å². The van der Waals surface area contributed by atoms with E-state index in [1.54, 1.807) is 6.07 Å². The first-order valence-corrected chi connectivity index (χ1v) is 8.39. The van der Waals surface area contributed by atoms with Crippen molar-refractivity contribution in [1.82, 2.24) is 4.40 Å². The van der Waals surface area contributed by atoms with Crippen molar-refractivity contribution >= 4 is 11.2 Å². The topological polar surface area (TPSA) is 50.7 Å². The molecule has 122 valence electrons. The first-order chi connectivity index (χ1) is 11.1. The zero-order chi connectivity index (χ0) is 16.1. The van der Waals surface area contributed by atoms with Crippen LogP contribution in [-0.2, 0) is 0 Å². The number of hydrogen-bond donors (Lipinski definition) is 1. The van der Waals surface area contributed by atoms with Gasteiger partial charge in [-0.3, -0.25) is 9.20 Å². The summed E-state index contributed by atoms with van der Waals surface area (Å²) in [7, 11) is 0. The highest BCUT2D eigenvalue weighted by Gasteiger charge is 2.30. The average Bonchev–Trinajstić information content (AvgIpc) is 3.27. The van der Waals surface area contributed by atoms with Gasteiger partial charge in [0.2, 0.25) is 0 Å². The van der Waals surface area contributed by atoms with Crippen molar-refractivity contribution in [2.45, 2.75) is 32.1 Å². The van der Waals surface area contributed by atoms with Crippen LogP contribution < -0.4 is 16.2 Å². The van der Waals surface area contributed by atoms with Crippen molar-refractivity contribution in [1.29, 1.82) is 0 Å². The van der Waals surface area contributed by atoms with Crippen LogP contribution in [0, 0.1) is 18.7 Å². The summed E-state index contributed by atoms with van der Waals surface area (Å²) in [6.07, 6.45) is 4.66. The van der Waals surface area contributed by atoms with Gasteiger partial charge in [-0.25, -0.2) is 4.39 Å². The summed E-state index contributed by atoms with van der Waals surface area (Å²) in [6.45, 7) is 4.19. The summed E-state index contributed by atoms with van der Waals surface area (Å²) in [5.41, 5.74) is 9.20. The Labute approximate surface area is 134 Å².